The van der Waals surface area contributed by atoms with Crippen LogP contribution in [0.1, 0.15) is 51.2 Å². The maximum absolute atomic E-state index is 3.73. The number of rotatable bonds is 10. The Morgan fingerprint density at radius 1 is 1.05 bits per heavy atom. The van der Waals surface area contributed by atoms with E-state index in [1.54, 1.807) is 0 Å². The van der Waals surface area contributed by atoms with Crippen LogP contribution in [0.25, 0.3) is 0 Å². The van der Waals surface area contributed by atoms with E-state index in [1.165, 1.54) is 48.0 Å². The maximum atomic E-state index is 3.73. The van der Waals surface area contributed by atoms with Gasteiger partial charge in [-0.1, -0.05) is 48.8 Å². The molecule has 3 heteroatoms. The van der Waals surface area contributed by atoms with Gasteiger partial charge in [0.15, 0.2) is 0 Å². The van der Waals surface area contributed by atoms with E-state index in [0.29, 0.717) is 0 Å². The van der Waals surface area contributed by atoms with Crippen LogP contribution in [0.3, 0.4) is 0 Å². The summed E-state index contributed by atoms with van der Waals surface area (Å²) in [5.74, 6) is 0. The second-order valence-electron chi connectivity index (χ2n) is 5.38. The molecule has 0 aliphatic carbocycles. The van der Waals surface area contributed by atoms with Gasteiger partial charge in [-0.2, -0.15) is 0 Å². The summed E-state index contributed by atoms with van der Waals surface area (Å²) in [5.41, 5.74) is 2.75. The molecular weight excluding hydrogens is 312 g/mol. The van der Waals surface area contributed by atoms with Gasteiger partial charge in [0.2, 0.25) is 0 Å². The van der Waals surface area contributed by atoms with Crippen molar-refractivity contribution in [1.82, 2.24) is 10.2 Å². The summed E-state index contributed by atoms with van der Waals surface area (Å²) in [6, 6.07) is 6.78. The molecule has 0 saturated carbocycles. The molecule has 0 bridgehead atoms. The van der Waals surface area contributed by atoms with E-state index in [2.05, 4.69) is 65.1 Å². The lowest BCUT2D eigenvalue weighted by Crippen LogP contribution is -2.25. The van der Waals surface area contributed by atoms with Crippen LogP contribution >= 0.6 is 15.9 Å². The summed E-state index contributed by atoms with van der Waals surface area (Å²) in [6.45, 7) is 12.1. The molecule has 1 aromatic carbocycles. The Balaban J connectivity index is 2.61. The van der Waals surface area contributed by atoms with Crippen molar-refractivity contribution >= 4 is 15.9 Å². The molecule has 0 radical (unpaired) electrons. The second kappa shape index (κ2) is 10.4. The molecule has 0 atom stereocenters. The zero-order chi connectivity index (χ0) is 14.8. The maximum Gasteiger partial charge on any atom is 0.0244 e. The fraction of sp³-hybridized carbons (Fsp3) is 0.647. The number of nitrogens with zero attached hydrogens (tertiary/aromatic N) is 1. The quantitative estimate of drug-likeness (QED) is 0.627. The molecule has 20 heavy (non-hydrogen) atoms. The second-order valence-corrected chi connectivity index (χ2v) is 6.23. The average Bonchev–Trinajstić information content (AvgIpc) is 2.42. The zero-order valence-electron chi connectivity index (χ0n) is 13.2. The third kappa shape index (κ3) is 6.38. The Morgan fingerprint density at radius 3 is 2.30 bits per heavy atom. The van der Waals surface area contributed by atoms with Crippen molar-refractivity contribution in [1.29, 1.82) is 0 Å². The van der Waals surface area contributed by atoms with Crippen LogP contribution in [0.5, 0.6) is 0 Å². The van der Waals surface area contributed by atoms with Crippen molar-refractivity contribution in [2.24, 2.45) is 0 Å². The van der Waals surface area contributed by atoms with Gasteiger partial charge in [0.1, 0.15) is 0 Å². The van der Waals surface area contributed by atoms with Crippen LogP contribution < -0.4 is 5.32 Å². The highest BCUT2D eigenvalue weighted by Crippen LogP contribution is 2.20. The lowest BCUT2D eigenvalue weighted by atomic mass is 10.1. The minimum absolute atomic E-state index is 0.959. The van der Waals surface area contributed by atoms with Crippen LogP contribution in [0.15, 0.2) is 22.7 Å². The SMILES string of the molecule is CCCNCc1ccc(CN(CCC)CCC)c(Br)c1. The van der Waals surface area contributed by atoms with E-state index < -0.39 is 0 Å². The summed E-state index contributed by atoms with van der Waals surface area (Å²) in [5, 5.41) is 3.45. The molecule has 1 rings (SSSR count). The van der Waals surface area contributed by atoms with E-state index in [0.717, 1.165) is 19.6 Å². The van der Waals surface area contributed by atoms with Gasteiger partial charge in [0.25, 0.3) is 0 Å². The Kier molecular flexibility index (Phi) is 9.16. The highest BCUT2D eigenvalue weighted by Gasteiger charge is 2.07. The van der Waals surface area contributed by atoms with Gasteiger partial charge in [-0.3, -0.25) is 4.90 Å². The van der Waals surface area contributed by atoms with Crippen molar-refractivity contribution in [3.63, 3.8) is 0 Å². The molecule has 0 saturated heterocycles. The van der Waals surface area contributed by atoms with Crippen LogP contribution in [0.4, 0.5) is 0 Å². The number of halogens is 1. The summed E-state index contributed by atoms with van der Waals surface area (Å²) >= 11 is 3.73. The molecule has 114 valence electrons. The summed E-state index contributed by atoms with van der Waals surface area (Å²) < 4.78 is 1.24. The summed E-state index contributed by atoms with van der Waals surface area (Å²) in [7, 11) is 0. The molecule has 0 spiro atoms. The molecule has 0 fully saturated rings. The molecule has 0 amide bonds. The Hall–Kier alpha value is -0.380. The molecule has 0 aliphatic heterocycles. The first-order chi connectivity index (χ1) is 9.71. The first-order valence-corrected chi connectivity index (χ1v) is 8.70. The van der Waals surface area contributed by atoms with E-state index in [-0.39, 0.29) is 0 Å². The van der Waals surface area contributed by atoms with E-state index in [1.807, 2.05) is 0 Å². The molecule has 1 N–H and O–H groups in total. The van der Waals surface area contributed by atoms with Crippen LogP contribution in [-0.4, -0.2) is 24.5 Å². The Labute approximate surface area is 133 Å². The van der Waals surface area contributed by atoms with Crippen molar-refractivity contribution in [2.45, 2.75) is 53.1 Å². The molecule has 0 unspecified atom stereocenters. The van der Waals surface area contributed by atoms with Gasteiger partial charge in [-0.05, 0) is 56.1 Å². The van der Waals surface area contributed by atoms with E-state index >= 15 is 0 Å². The van der Waals surface area contributed by atoms with Gasteiger partial charge >= 0.3 is 0 Å². The number of nitrogens with one attached hydrogen (secondary N) is 1. The first-order valence-electron chi connectivity index (χ1n) is 7.91. The lowest BCUT2D eigenvalue weighted by Gasteiger charge is -2.22. The van der Waals surface area contributed by atoms with Gasteiger partial charge in [0.05, 0.1) is 0 Å². The van der Waals surface area contributed by atoms with Crippen molar-refractivity contribution in [3.8, 4) is 0 Å². The van der Waals surface area contributed by atoms with Gasteiger partial charge in [-0.15, -0.1) is 0 Å². The Morgan fingerprint density at radius 2 is 1.75 bits per heavy atom. The minimum Gasteiger partial charge on any atom is -0.313 e. The van der Waals surface area contributed by atoms with Crippen LogP contribution in [0.2, 0.25) is 0 Å². The molecule has 1 aromatic rings. The van der Waals surface area contributed by atoms with Crippen molar-refractivity contribution < 1.29 is 0 Å². The minimum atomic E-state index is 0.959. The average molecular weight is 341 g/mol. The van der Waals surface area contributed by atoms with Crippen LogP contribution in [0, 0.1) is 0 Å². The lowest BCUT2D eigenvalue weighted by molar-refractivity contribution is 0.266. The van der Waals surface area contributed by atoms with Gasteiger partial charge < -0.3 is 5.32 Å². The number of hydrogen-bond acceptors (Lipinski definition) is 2. The van der Waals surface area contributed by atoms with Crippen molar-refractivity contribution in [3.05, 3.63) is 33.8 Å². The normalized spacial score (nSPS) is 11.2. The summed E-state index contributed by atoms with van der Waals surface area (Å²) in [4.78, 5) is 2.54. The topological polar surface area (TPSA) is 15.3 Å². The molecular formula is C17H29BrN2. The fourth-order valence-electron chi connectivity index (χ4n) is 2.38. The largest absolute Gasteiger partial charge is 0.313 e. The summed E-state index contributed by atoms with van der Waals surface area (Å²) in [6.07, 6.45) is 3.62. The number of benzene rings is 1. The first kappa shape index (κ1) is 17.7. The third-order valence-electron chi connectivity index (χ3n) is 3.35. The zero-order valence-corrected chi connectivity index (χ0v) is 14.8. The molecule has 0 heterocycles. The number of hydrogen-bond donors (Lipinski definition) is 1. The van der Waals surface area contributed by atoms with E-state index in [9.17, 15) is 0 Å². The Bertz CT molecular complexity index is 373. The molecule has 0 aliphatic rings. The highest BCUT2D eigenvalue weighted by atomic mass is 79.9. The van der Waals surface area contributed by atoms with Crippen molar-refractivity contribution in [2.75, 3.05) is 19.6 Å². The fourth-order valence-corrected chi connectivity index (χ4v) is 2.93. The molecule has 2 nitrogen and oxygen atoms in total. The van der Waals surface area contributed by atoms with Crippen LogP contribution in [-0.2, 0) is 13.1 Å². The highest BCUT2D eigenvalue weighted by molar-refractivity contribution is 9.10. The predicted molar refractivity (Wildman–Crippen MR) is 92.0 cm³/mol. The third-order valence-corrected chi connectivity index (χ3v) is 4.09. The standard InChI is InChI=1S/C17H29BrN2/c1-4-9-19-13-15-7-8-16(17(18)12-15)14-20(10-5-2)11-6-3/h7-8,12,19H,4-6,9-11,13-14H2,1-3H3. The predicted octanol–water partition coefficient (Wildman–Crippen LogP) is 4.57. The smallest absolute Gasteiger partial charge is 0.0244 e. The van der Waals surface area contributed by atoms with E-state index in [4.69, 9.17) is 0 Å². The van der Waals surface area contributed by atoms with Gasteiger partial charge in [0, 0.05) is 17.6 Å². The monoisotopic (exact) mass is 340 g/mol. The van der Waals surface area contributed by atoms with Gasteiger partial charge in [-0.25, -0.2) is 0 Å². The molecule has 0 aromatic heterocycles.